The molecule has 2 aromatic carbocycles. The number of rotatable bonds is 4. The molecule has 2 aliphatic heterocycles. The minimum atomic E-state index is -2.53. The van der Waals surface area contributed by atoms with Crippen LogP contribution >= 0.6 is 11.6 Å². The molecule has 2 fully saturated rings. The maximum absolute atomic E-state index is 13.8. The van der Waals surface area contributed by atoms with Crippen molar-refractivity contribution in [2.24, 2.45) is 28.0 Å². The number of amides is 3. The molecule has 0 saturated heterocycles. The summed E-state index contributed by atoms with van der Waals surface area (Å²) in [7, 11) is -0.789. The fourth-order valence-electron chi connectivity index (χ4n) is 7.14. The summed E-state index contributed by atoms with van der Waals surface area (Å²) >= 11 is 6.44. The average Bonchev–Trinajstić information content (AvgIpc) is 3.82. The number of halogens is 1. The first-order valence-electron chi connectivity index (χ1n) is 17.1. The maximum Gasteiger partial charge on any atom is 0.316 e. The van der Waals surface area contributed by atoms with Gasteiger partial charge in [0, 0.05) is 49.4 Å². The van der Waals surface area contributed by atoms with Crippen LogP contribution in [0.2, 0.25) is 5.02 Å². The number of aryl methyl sites for hydroxylation is 1. The fourth-order valence-corrected chi connectivity index (χ4v) is 8.54. The van der Waals surface area contributed by atoms with Gasteiger partial charge in [-0.3, -0.25) is 9.00 Å². The number of hydrogen-bond donors (Lipinski definition) is 4. The molecule has 8 atom stereocenters. The van der Waals surface area contributed by atoms with Gasteiger partial charge in [0.2, 0.25) is 0 Å². The van der Waals surface area contributed by atoms with E-state index in [0.29, 0.717) is 54.2 Å². The van der Waals surface area contributed by atoms with Crippen molar-refractivity contribution >= 4 is 39.8 Å². The number of aliphatic hydroxyl groups is 1. The van der Waals surface area contributed by atoms with E-state index in [9.17, 15) is 18.9 Å². The number of anilines is 1. The van der Waals surface area contributed by atoms with Gasteiger partial charge in [-0.2, -0.15) is 4.36 Å². The Morgan fingerprint density at radius 1 is 1.17 bits per heavy atom. The molecule has 10 nitrogen and oxygen atoms in total. The smallest absolute Gasteiger partial charge is 0.316 e. The lowest BCUT2D eigenvalue weighted by atomic mass is 9.70. The third kappa shape index (κ3) is 8.18. The number of hydrogen-bond acceptors (Lipinski definition) is 7. The van der Waals surface area contributed by atoms with E-state index < -0.39 is 27.9 Å². The van der Waals surface area contributed by atoms with Crippen LogP contribution in [-0.4, -0.2) is 65.6 Å². The molecule has 260 valence electrons. The highest BCUT2D eigenvalue weighted by atomic mass is 35.5. The van der Waals surface area contributed by atoms with E-state index in [0.717, 1.165) is 44.3 Å². The molecular formula is C36H47ClN4O6S. The number of benzene rings is 2. The minimum Gasteiger partial charge on any atom is -0.491 e. The Bertz CT molecular complexity index is 1610. The second-order valence-electron chi connectivity index (χ2n) is 13.7. The molecule has 6 rings (SSSR count). The Kier molecular flexibility index (Phi) is 11.3. The van der Waals surface area contributed by atoms with Gasteiger partial charge in [0.1, 0.15) is 11.1 Å². The van der Waals surface area contributed by atoms with Crippen LogP contribution in [0.15, 0.2) is 52.9 Å². The highest BCUT2D eigenvalue weighted by molar-refractivity contribution is 7.76. The van der Waals surface area contributed by atoms with E-state index in [1.807, 2.05) is 31.2 Å². The number of thiol groups is 1. The van der Waals surface area contributed by atoms with Gasteiger partial charge in [-0.25, -0.2) is 4.79 Å². The Morgan fingerprint density at radius 3 is 2.77 bits per heavy atom. The van der Waals surface area contributed by atoms with Crippen molar-refractivity contribution in [3.63, 3.8) is 0 Å². The Labute approximate surface area is 289 Å². The van der Waals surface area contributed by atoms with Crippen molar-refractivity contribution in [1.29, 1.82) is 0 Å². The van der Waals surface area contributed by atoms with Crippen LogP contribution in [-0.2, 0) is 28.3 Å². The van der Waals surface area contributed by atoms with Crippen LogP contribution in [0.25, 0.3) is 0 Å². The molecule has 4 aliphatic rings. The van der Waals surface area contributed by atoms with Gasteiger partial charge in [-0.05, 0) is 104 Å². The quantitative estimate of drug-likeness (QED) is 0.245. The molecular weight excluding hydrogens is 652 g/mol. The molecule has 2 bridgehead atoms. The van der Waals surface area contributed by atoms with E-state index in [1.165, 1.54) is 11.1 Å². The summed E-state index contributed by atoms with van der Waals surface area (Å²) in [6.07, 6.45) is 10.1. The van der Waals surface area contributed by atoms with Gasteiger partial charge in [-0.1, -0.05) is 36.7 Å². The predicted molar refractivity (Wildman–Crippen MR) is 188 cm³/mol. The van der Waals surface area contributed by atoms with Gasteiger partial charge in [-0.15, -0.1) is 0 Å². The zero-order valence-electron chi connectivity index (χ0n) is 27.6. The molecule has 2 heterocycles. The van der Waals surface area contributed by atoms with E-state index >= 15 is 0 Å². The average molecular weight is 699 g/mol. The number of urea groups is 1. The first kappa shape index (κ1) is 34.7. The van der Waals surface area contributed by atoms with Crippen LogP contribution in [0.1, 0.15) is 66.9 Å². The monoisotopic (exact) mass is 698 g/mol. The predicted octanol–water partition coefficient (Wildman–Crippen LogP) is 5.51. The molecule has 3 N–H and O–H groups in total. The highest BCUT2D eigenvalue weighted by Crippen LogP contribution is 2.42. The van der Waals surface area contributed by atoms with Crippen LogP contribution < -0.4 is 20.3 Å². The standard InChI is InChI=1S/C36H47ClN4O6S/c1-22-6-5-8-32(46-2)29-13-10-26(29)20-41-19-25-9-12-28(37)16-23(25)7-3-4-15-47-33-14-11-24(18-31(33)41)34(43)40-48(45)35(22)39-36(44)38-30-17-27(30)21-42/h5,8-9,11-12,14,16,18,22,26-27,29-30,32,35,42,48H,3-4,6-7,10,13,15,17,19-21H2,1-2H3,(H2,38,39,44)/b8-5+/t22-,26-,27+,29+,30-,32-,35?/m0/s1. The first-order valence-corrected chi connectivity index (χ1v) is 18.8. The second kappa shape index (κ2) is 15.6. The summed E-state index contributed by atoms with van der Waals surface area (Å²) in [6.45, 7) is 3.79. The lowest BCUT2D eigenvalue weighted by Crippen LogP contribution is -2.46. The van der Waals surface area contributed by atoms with Crippen molar-refractivity contribution in [2.75, 3.05) is 31.8 Å². The van der Waals surface area contributed by atoms with Gasteiger partial charge >= 0.3 is 6.03 Å². The number of allylic oxidation sites excluding steroid dienone is 1. The number of carbonyl (C=O) groups excluding carboxylic acids is 2. The summed E-state index contributed by atoms with van der Waals surface area (Å²) in [5.74, 6) is 0.481. The summed E-state index contributed by atoms with van der Waals surface area (Å²) in [5.41, 5.74) is 3.50. The molecule has 2 aromatic rings. The fraction of sp³-hybridized carbons (Fsp3) is 0.556. The molecule has 0 aromatic heterocycles. The number of aliphatic hydroxyl groups excluding tert-OH is 1. The van der Waals surface area contributed by atoms with Crippen molar-refractivity contribution in [1.82, 2.24) is 10.6 Å². The Balaban J connectivity index is 1.38. The number of fused-ring (bicyclic) bond motifs is 3. The van der Waals surface area contributed by atoms with Crippen LogP contribution in [0.5, 0.6) is 5.75 Å². The summed E-state index contributed by atoms with van der Waals surface area (Å²) in [4.78, 5) is 28.9. The normalized spacial score (nSPS) is 31.7. The highest BCUT2D eigenvalue weighted by Gasteiger charge is 2.39. The molecule has 3 amide bonds. The Hall–Kier alpha value is -3.12. The maximum atomic E-state index is 13.8. The van der Waals surface area contributed by atoms with Gasteiger partial charge in [0.25, 0.3) is 5.91 Å². The lowest BCUT2D eigenvalue weighted by Gasteiger charge is -2.43. The first-order chi connectivity index (χ1) is 23.2. The molecule has 2 saturated carbocycles. The number of carbonyl (C=O) groups is 2. The molecule has 12 heteroatoms. The van der Waals surface area contributed by atoms with Gasteiger partial charge in [0.05, 0.1) is 29.0 Å². The molecule has 2 unspecified atom stereocenters. The van der Waals surface area contributed by atoms with Crippen molar-refractivity contribution in [2.45, 2.75) is 75.9 Å². The van der Waals surface area contributed by atoms with E-state index in [4.69, 9.17) is 21.1 Å². The van der Waals surface area contributed by atoms with Crippen LogP contribution in [0.3, 0.4) is 0 Å². The van der Waals surface area contributed by atoms with Gasteiger partial charge < -0.3 is 30.1 Å². The second-order valence-corrected chi connectivity index (χ2v) is 15.5. The summed E-state index contributed by atoms with van der Waals surface area (Å²) < 4.78 is 30.3. The Morgan fingerprint density at radius 2 is 2.02 bits per heavy atom. The van der Waals surface area contributed by atoms with E-state index in [2.05, 4.69) is 38.1 Å². The molecule has 2 aliphatic carbocycles. The third-order valence-electron chi connectivity index (χ3n) is 10.4. The van der Waals surface area contributed by atoms with Crippen LogP contribution in [0.4, 0.5) is 10.5 Å². The van der Waals surface area contributed by atoms with E-state index in [1.54, 1.807) is 13.2 Å². The summed E-state index contributed by atoms with van der Waals surface area (Å²) in [6, 6.07) is 10.8. The molecule has 0 spiro atoms. The number of methoxy groups -OCH3 is 1. The topological polar surface area (TPSA) is 130 Å². The largest absolute Gasteiger partial charge is 0.491 e. The lowest BCUT2D eigenvalue weighted by molar-refractivity contribution is 0.0133. The SMILES string of the molecule is CO[C@H]1/C=C/C[C@H](C)C(NC(=O)N[C@H]2C[C@@H]2CO)/[SH](=O)=N\C(=O)c2ccc3c(c2)N(Cc2ccc(Cl)cc2CCCCO3)C[C@@H]2CC[C@H]21. The minimum absolute atomic E-state index is 0.000296. The number of nitrogens with zero attached hydrogens (tertiary/aromatic N) is 2. The zero-order valence-corrected chi connectivity index (χ0v) is 29.3. The summed E-state index contributed by atoms with van der Waals surface area (Å²) in [5, 5.41) is 14.9. The van der Waals surface area contributed by atoms with E-state index in [-0.39, 0.29) is 30.6 Å². The van der Waals surface area contributed by atoms with Gasteiger partial charge in [0.15, 0.2) is 0 Å². The number of nitrogens with one attached hydrogen (secondary N) is 2. The van der Waals surface area contributed by atoms with Crippen LogP contribution in [0, 0.1) is 23.7 Å². The third-order valence-corrected chi connectivity index (χ3v) is 12.1. The van der Waals surface area contributed by atoms with Crippen molar-refractivity contribution in [3.05, 3.63) is 70.3 Å². The molecule has 48 heavy (non-hydrogen) atoms. The van der Waals surface area contributed by atoms with Crippen molar-refractivity contribution in [3.8, 4) is 5.75 Å². The zero-order chi connectivity index (χ0) is 33.8. The van der Waals surface area contributed by atoms with Crippen molar-refractivity contribution < 1.29 is 28.4 Å². The molecule has 0 radical (unpaired) electrons. The number of ether oxygens (including phenoxy) is 2.